The Balaban J connectivity index is 2.61. The summed E-state index contributed by atoms with van der Waals surface area (Å²) in [5, 5.41) is 0. The third kappa shape index (κ3) is 4.58. The van der Waals surface area contributed by atoms with Crippen molar-refractivity contribution >= 4 is 11.6 Å². The summed E-state index contributed by atoms with van der Waals surface area (Å²) >= 11 is 5.35. The van der Waals surface area contributed by atoms with Crippen LogP contribution in [-0.2, 0) is 0 Å². The molecule has 2 heteroatoms. The standard InChI is InChI=1S/C13H13ClO/c1-2-11-15-13-8-6-12(7-9-13)5-3-4-10-14/h4,6-10H,2,11H2,1H3/b10-4+. The van der Waals surface area contributed by atoms with E-state index in [0.29, 0.717) is 0 Å². The summed E-state index contributed by atoms with van der Waals surface area (Å²) in [5.74, 6) is 6.65. The van der Waals surface area contributed by atoms with Crippen LogP contribution in [0.25, 0.3) is 0 Å². The van der Waals surface area contributed by atoms with Gasteiger partial charge in [0.15, 0.2) is 0 Å². The molecule has 0 aliphatic rings. The highest BCUT2D eigenvalue weighted by Gasteiger charge is 1.91. The summed E-state index contributed by atoms with van der Waals surface area (Å²) in [6.07, 6.45) is 2.62. The van der Waals surface area contributed by atoms with Crippen LogP contribution in [-0.4, -0.2) is 6.61 Å². The molecule has 15 heavy (non-hydrogen) atoms. The van der Waals surface area contributed by atoms with Crippen molar-refractivity contribution in [1.29, 1.82) is 0 Å². The van der Waals surface area contributed by atoms with E-state index in [2.05, 4.69) is 18.8 Å². The molecule has 0 bridgehead atoms. The molecule has 0 atom stereocenters. The summed E-state index contributed by atoms with van der Waals surface area (Å²) in [5.41, 5.74) is 2.35. The molecule has 1 aromatic rings. The Kier molecular flexibility index (Phi) is 5.43. The Labute approximate surface area is 95.7 Å². The van der Waals surface area contributed by atoms with Gasteiger partial charge in [0.1, 0.15) is 5.75 Å². The molecule has 0 heterocycles. The molecule has 0 radical (unpaired) electrons. The van der Waals surface area contributed by atoms with Gasteiger partial charge in [0.25, 0.3) is 0 Å². The average molecular weight is 221 g/mol. The van der Waals surface area contributed by atoms with Gasteiger partial charge in [-0.15, -0.1) is 0 Å². The molecule has 1 rings (SSSR count). The summed E-state index contributed by atoms with van der Waals surface area (Å²) < 4.78 is 5.45. The molecule has 0 aliphatic carbocycles. The predicted molar refractivity (Wildman–Crippen MR) is 64.1 cm³/mol. The van der Waals surface area contributed by atoms with Gasteiger partial charge in [0.05, 0.1) is 6.61 Å². The first-order valence-corrected chi connectivity index (χ1v) is 5.30. The zero-order chi connectivity index (χ0) is 10.9. The van der Waals surface area contributed by atoms with Gasteiger partial charge in [0.2, 0.25) is 0 Å². The average Bonchev–Trinajstić information content (AvgIpc) is 2.28. The zero-order valence-corrected chi connectivity index (χ0v) is 9.42. The van der Waals surface area contributed by atoms with Crippen LogP contribution in [0.4, 0.5) is 0 Å². The van der Waals surface area contributed by atoms with Crippen molar-refractivity contribution in [1.82, 2.24) is 0 Å². The maximum atomic E-state index is 5.45. The van der Waals surface area contributed by atoms with E-state index < -0.39 is 0 Å². The van der Waals surface area contributed by atoms with Gasteiger partial charge >= 0.3 is 0 Å². The van der Waals surface area contributed by atoms with E-state index in [9.17, 15) is 0 Å². The Morgan fingerprint density at radius 2 is 2.07 bits per heavy atom. The number of hydrogen-bond donors (Lipinski definition) is 0. The first kappa shape index (κ1) is 11.7. The van der Waals surface area contributed by atoms with Crippen LogP contribution in [0, 0.1) is 11.8 Å². The van der Waals surface area contributed by atoms with E-state index in [1.807, 2.05) is 24.3 Å². The molecule has 0 spiro atoms. The van der Waals surface area contributed by atoms with Crippen LogP contribution in [0.2, 0.25) is 0 Å². The summed E-state index contributed by atoms with van der Waals surface area (Å²) in [6, 6.07) is 7.70. The molecule has 0 saturated heterocycles. The lowest BCUT2D eigenvalue weighted by atomic mass is 10.2. The lowest BCUT2D eigenvalue weighted by Crippen LogP contribution is -1.94. The third-order valence-electron chi connectivity index (χ3n) is 1.69. The molecular weight excluding hydrogens is 208 g/mol. The molecule has 1 nitrogen and oxygen atoms in total. The summed E-state index contributed by atoms with van der Waals surface area (Å²) in [7, 11) is 0. The molecule has 0 fully saturated rings. The second kappa shape index (κ2) is 6.98. The van der Waals surface area contributed by atoms with Gasteiger partial charge < -0.3 is 4.74 Å². The lowest BCUT2D eigenvalue weighted by molar-refractivity contribution is 0.317. The largest absolute Gasteiger partial charge is 0.494 e. The third-order valence-corrected chi connectivity index (χ3v) is 1.82. The van der Waals surface area contributed by atoms with Gasteiger partial charge in [-0.05, 0) is 36.8 Å². The number of allylic oxidation sites excluding steroid dienone is 1. The minimum Gasteiger partial charge on any atom is -0.494 e. The first-order chi connectivity index (χ1) is 7.36. The van der Waals surface area contributed by atoms with Crippen molar-refractivity contribution in [2.24, 2.45) is 0 Å². The van der Waals surface area contributed by atoms with Crippen molar-refractivity contribution in [3.63, 3.8) is 0 Å². The van der Waals surface area contributed by atoms with Crippen molar-refractivity contribution in [2.75, 3.05) is 6.61 Å². The molecule has 1 aromatic carbocycles. The smallest absolute Gasteiger partial charge is 0.119 e. The lowest BCUT2D eigenvalue weighted by Gasteiger charge is -2.03. The van der Waals surface area contributed by atoms with Crippen molar-refractivity contribution < 1.29 is 4.74 Å². The Morgan fingerprint density at radius 3 is 2.67 bits per heavy atom. The van der Waals surface area contributed by atoms with E-state index in [0.717, 1.165) is 24.3 Å². The minimum atomic E-state index is 0.750. The molecule has 0 saturated carbocycles. The fraction of sp³-hybridized carbons (Fsp3) is 0.231. The molecule has 0 unspecified atom stereocenters. The number of hydrogen-bond acceptors (Lipinski definition) is 1. The number of benzene rings is 1. The highest BCUT2D eigenvalue weighted by molar-refractivity contribution is 6.25. The van der Waals surface area contributed by atoms with E-state index in [-0.39, 0.29) is 0 Å². The first-order valence-electron chi connectivity index (χ1n) is 4.86. The Hall–Kier alpha value is -1.39. The summed E-state index contributed by atoms with van der Waals surface area (Å²) in [4.78, 5) is 0. The van der Waals surface area contributed by atoms with E-state index >= 15 is 0 Å². The predicted octanol–water partition coefficient (Wildman–Crippen LogP) is 3.58. The molecule has 0 aromatic heterocycles. The topological polar surface area (TPSA) is 9.23 Å². The Bertz CT molecular complexity index is 368. The van der Waals surface area contributed by atoms with Gasteiger partial charge in [-0.2, -0.15) is 0 Å². The summed E-state index contributed by atoms with van der Waals surface area (Å²) in [6.45, 7) is 2.83. The van der Waals surface area contributed by atoms with Crippen LogP contribution >= 0.6 is 11.6 Å². The van der Waals surface area contributed by atoms with Crippen LogP contribution in [0.3, 0.4) is 0 Å². The molecule has 0 amide bonds. The van der Waals surface area contributed by atoms with Crippen molar-refractivity contribution in [3.05, 3.63) is 41.4 Å². The second-order valence-corrected chi connectivity index (χ2v) is 3.19. The number of ether oxygens (including phenoxy) is 1. The Morgan fingerprint density at radius 1 is 1.33 bits per heavy atom. The molecule has 0 N–H and O–H groups in total. The fourth-order valence-electron chi connectivity index (χ4n) is 1.01. The maximum Gasteiger partial charge on any atom is 0.119 e. The maximum absolute atomic E-state index is 5.45. The fourth-order valence-corrected chi connectivity index (χ4v) is 1.07. The van der Waals surface area contributed by atoms with Crippen molar-refractivity contribution in [3.8, 4) is 17.6 Å². The molecule has 78 valence electrons. The normalized spacial score (nSPS) is 9.73. The number of rotatable bonds is 3. The van der Waals surface area contributed by atoms with Crippen LogP contribution in [0.5, 0.6) is 5.75 Å². The van der Waals surface area contributed by atoms with E-state index in [1.54, 1.807) is 6.08 Å². The van der Waals surface area contributed by atoms with E-state index in [4.69, 9.17) is 16.3 Å². The number of halogens is 1. The van der Waals surface area contributed by atoms with E-state index in [1.165, 1.54) is 5.54 Å². The zero-order valence-electron chi connectivity index (χ0n) is 8.66. The monoisotopic (exact) mass is 220 g/mol. The van der Waals surface area contributed by atoms with Gasteiger partial charge in [-0.3, -0.25) is 0 Å². The van der Waals surface area contributed by atoms with Gasteiger partial charge in [0, 0.05) is 11.1 Å². The van der Waals surface area contributed by atoms with Gasteiger partial charge in [-0.1, -0.05) is 30.4 Å². The quantitative estimate of drug-likeness (QED) is 0.708. The van der Waals surface area contributed by atoms with Crippen LogP contribution in [0.1, 0.15) is 18.9 Å². The van der Waals surface area contributed by atoms with Crippen LogP contribution < -0.4 is 4.74 Å². The minimum absolute atomic E-state index is 0.750. The van der Waals surface area contributed by atoms with Crippen LogP contribution in [0.15, 0.2) is 35.9 Å². The second-order valence-electron chi connectivity index (χ2n) is 2.93. The highest BCUT2D eigenvalue weighted by atomic mass is 35.5. The molecular formula is C13H13ClO. The molecule has 0 aliphatic heterocycles. The highest BCUT2D eigenvalue weighted by Crippen LogP contribution is 2.11. The SMILES string of the molecule is CCCOc1ccc(C#C/C=C/Cl)cc1. The van der Waals surface area contributed by atoms with Crippen molar-refractivity contribution in [2.45, 2.75) is 13.3 Å². The van der Waals surface area contributed by atoms with Gasteiger partial charge in [-0.25, -0.2) is 0 Å².